The quantitative estimate of drug-likeness (QED) is 0.578. The molecule has 0 spiro atoms. The summed E-state index contributed by atoms with van der Waals surface area (Å²) in [6.07, 6.45) is 5.57. The number of nitriles is 2. The number of piperidine rings is 1. The number of fused-ring (bicyclic) bond motifs is 1. The lowest BCUT2D eigenvalue weighted by Gasteiger charge is -2.33. The van der Waals surface area contributed by atoms with E-state index >= 15 is 0 Å². The number of anilines is 1. The van der Waals surface area contributed by atoms with Gasteiger partial charge in [-0.05, 0) is 18.9 Å². The van der Waals surface area contributed by atoms with Crippen molar-refractivity contribution in [3.05, 3.63) is 56.5 Å². The van der Waals surface area contributed by atoms with Crippen LogP contribution in [0.1, 0.15) is 30.0 Å². The van der Waals surface area contributed by atoms with Gasteiger partial charge in [-0.1, -0.05) is 0 Å². The molecule has 0 atom stereocenters. The topological polar surface area (TPSA) is 133 Å². The SMILES string of the molecule is Cn1c(=O)c(=O)n(C2CCN(c3ncc(C#N)cn3)CC2)c2ncc(C#N)cc21. The fraction of sp³-hybridized carbons (Fsp3) is 0.316. The summed E-state index contributed by atoms with van der Waals surface area (Å²) < 4.78 is 2.69. The second kappa shape index (κ2) is 7.17. The molecule has 0 saturated carbocycles. The molecule has 0 bridgehead atoms. The summed E-state index contributed by atoms with van der Waals surface area (Å²) in [6.45, 7) is 1.19. The highest BCUT2D eigenvalue weighted by Gasteiger charge is 2.26. The summed E-state index contributed by atoms with van der Waals surface area (Å²) in [4.78, 5) is 39.9. The number of hydrogen-bond acceptors (Lipinski definition) is 8. The van der Waals surface area contributed by atoms with Crippen molar-refractivity contribution in [2.75, 3.05) is 18.0 Å². The highest BCUT2D eigenvalue weighted by Crippen LogP contribution is 2.25. The molecule has 4 heterocycles. The third-order valence-corrected chi connectivity index (χ3v) is 5.15. The van der Waals surface area contributed by atoms with E-state index in [1.807, 2.05) is 17.0 Å². The maximum Gasteiger partial charge on any atom is 0.318 e. The van der Waals surface area contributed by atoms with Crippen LogP contribution in [0.2, 0.25) is 0 Å². The molecule has 0 amide bonds. The van der Waals surface area contributed by atoms with E-state index in [2.05, 4.69) is 15.0 Å². The number of aromatic nitrogens is 5. The molecule has 0 radical (unpaired) electrons. The zero-order valence-electron chi connectivity index (χ0n) is 15.6. The molecule has 1 aliphatic rings. The first-order valence-electron chi connectivity index (χ1n) is 9.02. The van der Waals surface area contributed by atoms with E-state index in [-0.39, 0.29) is 6.04 Å². The van der Waals surface area contributed by atoms with Gasteiger partial charge in [-0.25, -0.2) is 15.0 Å². The summed E-state index contributed by atoms with van der Waals surface area (Å²) in [6, 6.07) is 5.36. The van der Waals surface area contributed by atoms with E-state index in [1.165, 1.54) is 34.8 Å². The molecule has 0 aliphatic carbocycles. The van der Waals surface area contributed by atoms with Crippen molar-refractivity contribution in [1.82, 2.24) is 24.1 Å². The van der Waals surface area contributed by atoms with Gasteiger partial charge in [0.1, 0.15) is 12.1 Å². The van der Waals surface area contributed by atoms with Crippen molar-refractivity contribution in [1.29, 1.82) is 10.5 Å². The minimum absolute atomic E-state index is 0.200. The van der Waals surface area contributed by atoms with Crippen LogP contribution in [-0.4, -0.2) is 37.2 Å². The third-order valence-electron chi connectivity index (χ3n) is 5.15. The lowest BCUT2D eigenvalue weighted by molar-refractivity contribution is 0.389. The van der Waals surface area contributed by atoms with Crippen molar-refractivity contribution < 1.29 is 0 Å². The van der Waals surface area contributed by atoms with Crippen molar-refractivity contribution in [2.24, 2.45) is 7.05 Å². The molecule has 3 aromatic heterocycles. The van der Waals surface area contributed by atoms with Gasteiger partial charge in [-0.3, -0.25) is 14.2 Å². The molecule has 29 heavy (non-hydrogen) atoms. The number of rotatable bonds is 2. The normalized spacial score (nSPS) is 14.5. The molecule has 1 aliphatic heterocycles. The summed E-state index contributed by atoms with van der Waals surface area (Å²) in [5.41, 5.74) is 0.295. The van der Waals surface area contributed by atoms with Gasteiger partial charge in [0.05, 0.1) is 29.0 Å². The second-order valence-electron chi connectivity index (χ2n) is 6.82. The fourth-order valence-electron chi connectivity index (χ4n) is 3.60. The lowest BCUT2D eigenvalue weighted by atomic mass is 10.0. The standard InChI is InChI=1S/C19H16N8O2/c1-25-15-6-12(7-20)9-22-16(15)27(18(29)17(25)28)14-2-4-26(5-3-14)19-23-10-13(8-21)11-24-19/h6,9-11,14H,2-5H2,1H3. The Bertz CT molecular complexity index is 1290. The molecule has 144 valence electrons. The Hall–Kier alpha value is -4.05. The molecule has 3 aromatic rings. The van der Waals surface area contributed by atoms with Crippen LogP contribution in [0.4, 0.5) is 5.95 Å². The maximum atomic E-state index is 12.7. The molecule has 1 saturated heterocycles. The van der Waals surface area contributed by atoms with Gasteiger partial charge >= 0.3 is 11.1 Å². The first kappa shape index (κ1) is 18.3. The van der Waals surface area contributed by atoms with Gasteiger partial charge < -0.3 is 9.47 Å². The maximum absolute atomic E-state index is 12.7. The molecule has 10 heteroatoms. The Balaban J connectivity index is 1.68. The van der Waals surface area contributed by atoms with Crippen molar-refractivity contribution in [3.63, 3.8) is 0 Å². The summed E-state index contributed by atoms with van der Waals surface area (Å²) in [5, 5.41) is 18.0. The van der Waals surface area contributed by atoms with Crippen LogP contribution < -0.4 is 16.0 Å². The van der Waals surface area contributed by atoms with Gasteiger partial charge in [-0.2, -0.15) is 10.5 Å². The van der Waals surface area contributed by atoms with E-state index in [0.29, 0.717) is 54.2 Å². The zero-order chi connectivity index (χ0) is 20.5. The lowest BCUT2D eigenvalue weighted by Crippen LogP contribution is -2.45. The average molecular weight is 388 g/mol. The second-order valence-corrected chi connectivity index (χ2v) is 6.82. The predicted molar refractivity (Wildman–Crippen MR) is 103 cm³/mol. The molecule has 4 rings (SSSR count). The first-order chi connectivity index (χ1) is 14.0. The summed E-state index contributed by atoms with van der Waals surface area (Å²) >= 11 is 0. The van der Waals surface area contributed by atoms with Gasteiger partial charge in [0.2, 0.25) is 5.95 Å². The van der Waals surface area contributed by atoms with Gasteiger partial charge in [-0.15, -0.1) is 0 Å². The number of hydrogen-bond donors (Lipinski definition) is 0. The summed E-state index contributed by atoms with van der Waals surface area (Å²) in [7, 11) is 1.50. The molecule has 10 nitrogen and oxygen atoms in total. The predicted octanol–water partition coefficient (Wildman–Crippen LogP) is 0.470. The Morgan fingerprint density at radius 2 is 1.59 bits per heavy atom. The number of pyridine rings is 1. The van der Waals surface area contributed by atoms with Gasteiger partial charge in [0.25, 0.3) is 0 Å². The van der Waals surface area contributed by atoms with Crippen LogP contribution >= 0.6 is 0 Å². The van der Waals surface area contributed by atoms with Gasteiger partial charge in [0, 0.05) is 32.4 Å². The molecule has 0 N–H and O–H groups in total. The zero-order valence-corrected chi connectivity index (χ0v) is 15.6. The Labute approximate surface area is 164 Å². The molecule has 1 fully saturated rings. The Morgan fingerprint density at radius 3 is 2.21 bits per heavy atom. The Kier molecular flexibility index (Phi) is 4.53. The van der Waals surface area contributed by atoms with E-state index in [1.54, 1.807) is 6.07 Å². The third kappa shape index (κ3) is 3.11. The van der Waals surface area contributed by atoms with E-state index < -0.39 is 11.1 Å². The van der Waals surface area contributed by atoms with Crippen LogP contribution in [0.5, 0.6) is 0 Å². The highest BCUT2D eigenvalue weighted by atomic mass is 16.2. The average Bonchev–Trinajstić information content (AvgIpc) is 2.78. The van der Waals surface area contributed by atoms with Gasteiger partial charge in [0.15, 0.2) is 5.65 Å². The van der Waals surface area contributed by atoms with Crippen LogP contribution in [0.15, 0.2) is 34.2 Å². The van der Waals surface area contributed by atoms with Crippen molar-refractivity contribution >= 4 is 17.1 Å². The highest BCUT2D eigenvalue weighted by molar-refractivity contribution is 5.72. The van der Waals surface area contributed by atoms with Crippen molar-refractivity contribution in [2.45, 2.75) is 18.9 Å². The summed E-state index contributed by atoms with van der Waals surface area (Å²) in [5.74, 6) is 0.528. The van der Waals surface area contributed by atoms with Crippen molar-refractivity contribution in [3.8, 4) is 12.1 Å². The van der Waals surface area contributed by atoms with Crippen LogP contribution in [-0.2, 0) is 7.05 Å². The monoisotopic (exact) mass is 388 g/mol. The minimum Gasteiger partial charge on any atom is -0.341 e. The fourth-order valence-corrected chi connectivity index (χ4v) is 3.60. The first-order valence-corrected chi connectivity index (χ1v) is 9.02. The molecule has 0 unspecified atom stereocenters. The van der Waals surface area contributed by atoms with E-state index in [9.17, 15) is 9.59 Å². The van der Waals surface area contributed by atoms with Crippen LogP contribution in [0.3, 0.4) is 0 Å². The molecule has 0 aromatic carbocycles. The van der Waals surface area contributed by atoms with Crippen LogP contribution in [0, 0.1) is 22.7 Å². The number of nitrogens with zero attached hydrogens (tertiary/aromatic N) is 8. The molecular formula is C19H16N8O2. The molecular weight excluding hydrogens is 372 g/mol. The smallest absolute Gasteiger partial charge is 0.318 e. The number of aryl methyl sites for hydroxylation is 1. The Morgan fingerprint density at radius 1 is 0.966 bits per heavy atom. The van der Waals surface area contributed by atoms with Crippen LogP contribution in [0.25, 0.3) is 11.2 Å². The minimum atomic E-state index is -0.646. The van der Waals surface area contributed by atoms with E-state index in [4.69, 9.17) is 10.5 Å². The van der Waals surface area contributed by atoms with E-state index in [0.717, 1.165) is 0 Å². The largest absolute Gasteiger partial charge is 0.341 e.